The van der Waals surface area contributed by atoms with Crippen molar-refractivity contribution < 1.29 is 24.2 Å². The van der Waals surface area contributed by atoms with Crippen LogP contribution in [-0.4, -0.2) is 58.6 Å². The quantitative estimate of drug-likeness (QED) is 0.431. The van der Waals surface area contributed by atoms with Gasteiger partial charge in [-0.05, 0) is 61.4 Å². The highest BCUT2D eigenvalue weighted by Crippen LogP contribution is 2.24. The fourth-order valence-electron chi connectivity index (χ4n) is 4.41. The summed E-state index contributed by atoms with van der Waals surface area (Å²) in [5.74, 6) is -1.63. The number of pyridine rings is 1. The van der Waals surface area contributed by atoms with Crippen molar-refractivity contribution in [2.24, 2.45) is 5.73 Å². The van der Waals surface area contributed by atoms with Gasteiger partial charge in [0.1, 0.15) is 6.04 Å². The third-order valence-electron chi connectivity index (χ3n) is 6.52. The molecule has 1 fully saturated rings. The minimum Gasteiger partial charge on any atom is -0.478 e. The van der Waals surface area contributed by atoms with Crippen molar-refractivity contribution in [1.29, 1.82) is 0 Å². The number of carboxylic acid groups (broad SMARTS) is 1. The number of ether oxygens (including phenoxy) is 1. The first-order valence-corrected chi connectivity index (χ1v) is 12.0. The molecule has 0 aliphatic carbocycles. The van der Waals surface area contributed by atoms with Crippen LogP contribution in [0.4, 0.5) is 0 Å². The summed E-state index contributed by atoms with van der Waals surface area (Å²) in [4.78, 5) is 42.6. The fourth-order valence-corrected chi connectivity index (χ4v) is 4.41. The molecule has 0 bridgehead atoms. The molecule has 0 spiro atoms. The van der Waals surface area contributed by atoms with Gasteiger partial charge in [-0.15, -0.1) is 0 Å². The highest BCUT2D eigenvalue weighted by Gasteiger charge is 2.30. The Hall–Kier alpha value is -4.08. The van der Waals surface area contributed by atoms with Gasteiger partial charge >= 0.3 is 5.97 Å². The topological polar surface area (TPSA) is 135 Å². The molecule has 4 rings (SSSR count). The Kier molecular flexibility index (Phi) is 7.95. The average molecular weight is 503 g/mol. The monoisotopic (exact) mass is 502 g/mol. The van der Waals surface area contributed by atoms with Gasteiger partial charge in [-0.2, -0.15) is 0 Å². The van der Waals surface area contributed by atoms with E-state index in [0.717, 1.165) is 28.1 Å². The smallest absolute Gasteiger partial charge is 0.335 e. The number of aryl methyl sites for hydroxylation is 1. The lowest BCUT2D eigenvalue weighted by molar-refractivity contribution is -0.133. The van der Waals surface area contributed by atoms with E-state index < -0.39 is 17.9 Å². The van der Waals surface area contributed by atoms with Crippen LogP contribution < -0.4 is 11.1 Å². The largest absolute Gasteiger partial charge is 0.478 e. The van der Waals surface area contributed by atoms with Crippen molar-refractivity contribution >= 4 is 17.8 Å². The molecule has 2 heterocycles. The van der Waals surface area contributed by atoms with Crippen LogP contribution in [0.25, 0.3) is 11.3 Å². The zero-order valence-corrected chi connectivity index (χ0v) is 20.8. The number of carbonyl (C=O) groups excluding carboxylic acids is 2. The summed E-state index contributed by atoms with van der Waals surface area (Å²) in [7, 11) is 0. The number of benzene rings is 2. The lowest BCUT2D eigenvalue weighted by atomic mass is 10.0. The highest BCUT2D eigenvalue weighted by atomic mass is 16.5. The number of carbonyl (C=O) groups is 3. The first-order valence-electron chi connectivity index (χ1n) is 12.0. The first-order chi connectivity index (χ1) is 17.7. The maximum absolute atomic E-state index is 13.2. The summed E-state index contributed by atoms with van der Waals surface area (Å²) in [5, 5.41) is 12.1. The summed E-state index contributed by atoms with van der Waals surface area (Å²) in [6, 6.07) is 16.7. The standard InChI is InChI=1S/C28H30N4O5/c1-17-14-21(26(29)33)10-11-23(17)24-5-3-4-22(31-24)15-32-12-13-37-16-25(32)27(34)30-18(2)19-6-8-20(9-7-19)28(35)36/h3-11,14,18,25H,12-13,15-16H2,1-2H3,(H2,29,33)(H,30,34)(H,35,36)/t18-,25+/m0/s1. The lowest BCUT2D eigenvalue weighted by Gasteiger charge is -2.35. The summed E-state index contributed by atoms with van der Waals surface area (Å²) >= 11 is 0. The van der Waals surface area contributed by atoms with Crippen molar-refractivity contribution in [3.63, 3.8) is 0 Å². The van der Waals surface area contributed by atoms with E-state index in [0.29, 0.717) is 25.3 Å². The van der Waals surface area contributed by atoms with Crippen molar-refractivity contribution in [2.45, 2.75) is 32.5 Å². The van der Waals surface area contributed by atoms with Crippen LogP contribution >= 0.6 is 0 Å². The third-order valence-corrected chi connectivity index (χ3v) is 6.52. The number of aromatic carboxylic acids is 1. The van der Waals surface area contributed by atoms with Crippen molar-refractivity contribution in [3.8, 4) is 11.3 Å². The summed E-state index contributed by atoms with van der Waals surface area (Å²) < 4.78 is 5.61. The molecule has 2 aromatic carbocycles. The van der Waals surface area contributed by atoms with Crippen LogP contribution in [-0.2, 0) is 16.1 Å². The molecule has 9 nitrogen and oxygen atoms in total. The molecule has 1 aromatic heterocycles. The Morgan fingerprint density at radius 2 is 1.86 bits per heavy atom. The molecule has 37 heavy (non-hydrogen) atoms. The van der Waals surface area contributed by atoms with Crippen LogP contribution in [0.15, 0.2) is 60.7 Å². The number of primary amides is 1. The normalized spacial score (nSPS) is 16.6. The minimum absolute atomic E-state index is 0.163. The van der Waals surface area contributed by atoms with E-state index in [9.17, 15) is 14.4 Å². The van der Waals surface area contributed by atoms with E-state index >= 15 is 0 Å². The van der Waals surface area contributed by atoms with E-state index in [4.69, 9.17) is 20.6 Å². The van der Waals surface area contributed by atoms with Gasteiger partial charge in [0.25, 0.3) is 0 Å². The molecule has 2 atom stereocenters. The zero-order chi connectivity index (χ0) is 26.5. The fraction of sp³-hybridized carbons (Fsp3) is 0.286. The summed E-state index contributed by atoms with van der Waals surface area (Å²) in [6.07, 6.45) is 0. The number of hydrogen-bond acceptors (Lipinski definition) is 6. The maximum atomic E-state index is 13.2. The second kappa shape index (κ2) is 11.3. The molecule has 192 valence electrons. The number of aromatic nitrogens is 1. The number of rotatable bonds is 8. The van der Waals surface area contributed by atoms with Gasteiger partial charge in [-0.25, -0.2) is 4.79 Å². The summed E-state index contributed by atoms with van der Waals surface area (Å²) in [6.45, 7) is 5.61. The SMILES string of the molecule is Cc1cc(C(N)=O)ccc1-c1cccc(CN2CCOC[C@@H]2C(=O)N[C@@H](C)c2ccc(C(=O)O)cc2)n1. The van der Waals surface area contributed by atoms with Crippen LogP contribution in [0, 0.1) is 6.92 Å². The van der Waals surface area contributed by atoms with Gasteiger partial charge in [0.2, 0.25) is 11.8 Å². The molecular formula is C28H30N4O5. The molecule has 2 amide bonds. The van der Waals surface area contributed by atoms with Gasteiger partial charge in [0.15, 0.2) is 0 Å². The van der Waals surface area contributed by atoms with Crippen LogP contribution in [0.5, 0.6) is 0 Å². The number of nitrogens with zero attached hydrogens (tertiary/aromatic N) is 2. The Morgan fingerprint density at radius 1 is 1.14 bits per heavy atom. The van der Waals surface area contributed by atoms with E-state index in [1.54, 1.807) is 24.3 Å². The molecule has 3 aromatic rings. The predicted molar refractivity (Wildman–Crippen MR) is 138 cm³/mol. The third kappa shape index (κ3) is 6.19. The van der Waals surface area contributed by atoms with Crippen molar-refractivity contribution in [3.05, 3.63) is 88.6 Å². The average Bonchev–Trinajstić information content (AvgIpc) is 2.89. The zero-order valence-electron chi connectivity index (χ0n) is 20.8. The van der Waals surface area contributed by atoms with Gasteiger partial charge in [-0.1, -0.05) is 24.3 Å². The molecule has 0 unspecified atom stereocenters. The summed E-state index contributed by atoms with van der Waals surface area (Å²) in [5.41, 5.74) is 10.2. The molecule has 0 saturated carbocycles. The number of amides is 2. The predicted octanol–water partition coefficient (Wildman–Crippen LogP) is 2.93. The maximum Gasteiger partial charge on any atom is 0.335 e. The second-order valence-corrected chi connectivity index (χ2v) is 9.13. The number of nitrogens with two attached hydrogens (primary N) is 1. The second-order valence-electron chi connectivity index (χ2n) is 9.13. The van der Waals surface area contributed by atoms with Crippen molar-refractivity contribution in [2.75, 3.05) is 19.8 Å². The Labute approximate surface area is 215 Å². The first kappa shape index (κ1) is 26.0. The molecular weight excluding hydrogens is 472 g/mol. The molecule has 0 radical (unpaired) electrons. The molecule has 1 saturated heterocycles. The van der Waals surface area contributed by atoms with Crippen LogP contribution in [0.2, 0.25) is 0 Å². The molecule has 1 aliphatic heterocycles. The van der Waals surface area contributed by atoms with Gasteiger partial charge in [-0.3, -0.25) is 19.5 Å². The highest BCUT2D eigenvalue weighted by molar-refractivity contribution is 5.93. The minimum atomic E-state index is -0.992. The van der Waals surface area contributed by atoms with E-state index in [-0.39, 0.29) is 24.1 Å². The Balaban J connectivity index is 1.46. The Morgan fingerprint density at radius 3 is 2.54 bits per heavy atom. The molecule has 4 N–H and O–H groups in total. The number of carboxylic acids is 1. The van der Waals surface area contributed by atoms with E-state index in [1.807, 2.05) is 43.0 Å². The van der Waals surface area contributed by atoms with Crippen LogP contribution in [0.3, 0.4) is 0 Å². The van der Waals surface area contributed by atoms with E-state index in [2.05, 4.69) is 5.32 Å². The van der Waals surface area contributed by atoms with Crippen molar-refractivity contribution in [1.82, 2.24) is 15.2 Å². The molecule has 1 aliphatic rings. The van der Waals surface area contributed by atoms with Crippen LogP contribution in [0.1, 0.15) is 50.5 Å². The molecule has 9 heteroatoms. The van der Waals surface area contributed by atoms with E-state index in [1.165, 1.54) is 12.1 Å². The number of morpholine rings is 1. The number of hydrogen-bond donors (Lipinski definition) is 3. The van der Waals surface area contributed by atoms with Gasteiger partial charge < -0.3 is 20.9 Å². The number of nitrogens with one attached hydrogen (secondary N) is 1. The van der Waals surface area contributed by atoms with Gasteiger partial charge in [0.05, 0.1) is 36.2 Å². The Bertz CT molecular complexity index is 1310. The van der Waals surface area contributed by atoms with Gasteiger partial charge in [0, 0.05) is 24.2 Å². The lowest BCUT2D eigenvalue weighted by Crippen LogP contribution is -2.53.